The van der Waals surface area contributed by atoms with Crippen molar-refractivity contribution in [3.8, 4) is 5.75 Å². The zero-order valence-corrected chi connectivity index (χ0v) is 14.2. The van der Waals surface area contributed by atoms with Crippen LogP contribution in [0.1, 0.15) is 34.3 Å². The second-order valence-corrected chi connectivity index (χ2v) is 6.19. The Hall–Kier alpha value is -2.33. The fraction of sp³-hybridized carbons (Fsp3) is 0.350. The van der Waals surface area contributed by atoms with Crippen LogP contribution in [0.2, 0.25) is 0 Å². The summed E-state index contributed by atoms with van der Waals surface area (Å²) in [7, 11) is 0. The van der Waals surface area contributed by atoms with Crippen LogP contribution in [0.4, 0.5) is 5.69 Å². The van der Waals surface area contributed by atoms with Crippen LogP contribution in [0.25, 0.3) is 0 Å². The second kappa shape index (κ2) is 7.49. The maximum absolute atomic E-state index is 12.4. The van der Waals surface area contributed by atoms with Gasteiger partial charge in [-0.15, -0.1) is 0 Å². The molecule has 3 rings (SSSR count). The molecule has 2 aromatic carbocycles. The maximum Gasteiger partial charge on any atom is 0.255 e. The monoisotopic (exact) mass is 325 g/mol. The van der Waals surface area contributed by atoms with Crippen molar-refractivity contribution >= 4 is 11.6 Å². The summed E-state index contributed by atoms with van der Waals surface area (Å²) in [5.74, 6) is 0.646. The SMILES string of the molecule is Cc1cccc(C)c1NC(=O)c1ccc(OC[C@@H]2CCCO2)cc1. The van der Waals surface area contributed by atoms with Gasteiger partial charge in [0.05, 0.1) is 6.10 Å². The molecular formula is C20H23NO3. The van der Waals surface area contributed by atoms with Gasteiger partial charge in [0.25, 0.3) is 5.91 Å². The van der Waals surface area contributed by atoms with Crippen molar-refractivity contribution < 1.29 is 14.3 Å². The molecule has 2 aromatic rings. The van der Waals surface area contributed by atoms with E-state index in [-0.39, 0.29) is 12.0 Å². The highest BCUT2D eigenvalue weighted by Gasteiger charge is 2.16. The number of nitrogens with one attached hydrogen (secondary N) is 1. The van der Waals surface area contributed by atoms with Crippen molar-refractivity contribution in [1.82, 2.24) is 0 Å². The molecule has 0 unspecified atom stereocenters. The minimum atomic E-state index is -0.113. The van der Waals surface area contributed by atoms with E-state index >= 15 is 0 Å². The zero-order chi connectivity index (χ0) is 16.9. The van der Waals surface area contributed by atoms with Crippen LogP contribution in [-0.4, -0.2) is 25.2 Å². The van der Waals surface area contributed by atoms with E-state index in [1.165, 1.54) is 0 Å². The van der Waals surface area contributed by atoms with Gasteiger partial charge in [0, 0.05) is 17.9 Å². The van der Waals surface area contributed by atoms with Crippen LogP contribution in [0.3, 0.4) is 0 Å². The molecule has 1 heterocycles. The molecule has 1 fully saturated rings. The number of carbonyl (C=O) groups is 1. The highest BCUT2D eigenvalue weighted by atomic mass is 16.5. The van der Waals surface area contributed by atoms with Gasteiger partial charge >= 0.3 is 0 Å². The topological polar surface area (TPSA) is 47.6 Å². The second-order valence-electron chi connectivity index (χ2n) is 6.19. The molecule has 0 saturated carbocycles. The van der Waals surface area contributed by atoms with Crippen molar-refractivity contribution in [2.24, 2.45) is 0 Å². The van der Waals surface area contributed by atoms with Gasteiger partial charge in [-0.25, -0.2) is 0 Å². The summed E-state index contributed by atoms with van der Waals surface area (Å²) < 4.78 is 11.3. The summed E-state index contributed by atoms with van der Waals surface area (Å²) in [5, 5.41) is 2.99. The molecule has 1 aliphatic rings. The van der Waals surface area contributed by atoms with E-state index in [1.54, 1.807) is 12.1 Å². The Morgan fingerprint density at radius 2 is 1.88 bits per heavy atom. The lowest BCUT2D eigenvalue weighted by Gasteiger charge is -2.13. The number of anilines is 1. The van der Waals surface area contributed by atoms with Gasteiger partial charge in [0.15, 0.2) is 0 Å². The largest absolute Gasteiger partial charge is 0.491 e. The average Bonchev–Trinajstić information content (AvgIpc) is 3.10. The zero-order valence-electron chi connectivity index (χ0n) is 14.2. The van der Waals surface area contributed by atoms with E-state index in [4.69, 9.17) is 9.47 Å². The molecule has 1 saturated heterocycles. The van der Waals surface area contributed by atoms with Gasteiger partial charge in [-0.05, 0) is 62.1 Å². The number of hydrogen-bond acceptors (Lipinski definition) is 3. The molecule has 0 radical (unpaired) electrons. The molecule has 1 atom stereocenters. The molecule has 0 spiro atoms. The van der Waals surface area contributed by atoms with Crippen molar-refractivity contribution in [3.05, 3.63) is 59.2 Å². The normalized spacial score (nSPS) is 16.8. The summed E-state index contributed by atoms with van der Waals surface area (Å²) in [5.41, 5.74) is 3.60. The van der Waals surface area contributed by atoms with Gasteiger partial charge in [-0.2, -0.15) is 0 Å². The Balaban J connectivity index is 1.61. The molecular weight excluding hydrogens is 302 g/mol. The first-order chi connectivity index (χ1) is 11.6. The first-order valence-electron chi connectivity index (χ1n) is 8.35. The van der Waals surface area contributed by atoms with E-state index in [2.05, 4.69) is 5.32 Å². The molecule has 24 heavy (non-hydrogen) atoms. The lowest BCUT2D eigenvalue weighted by Crippen LogP contribution is -2.16. The van der Waals surface area contributed by atoms with E-state index in [9.17, 15) is 4.79 Å². The van der Waals surface area contributed by atoms with Crippen molar-refractivity contribution in [3.63, 3.8) is 0 Å². The van der Waals surface area contributed by atoms with Crippen LogP contribution >= 0.6 is 0 Å². The summed E-state index contributed by atoms with van der Waals surface area (Å²) >= 11 is 0. The number of aryl methyl sites for hydroxylation is 2. The molecule has 4 nitrogen and oxygen atoms in total. The molecule has 1 N–H and O–H groups in total. The van der Waals surface area contributed by atoms with Gasteiger partial charge in [0.2, 0.25) is 0 Å². The lowest BCUT2D eigenvalue weighted by atomic mass is 10.1. The highest BCUT2D eigenvalue weighted by Crippen LogP contribution is 2.21. The average molecular weight is 325 g/mol. The quantitative estimate of drug-likeness (QED) is 0.900. The fourth-order valence-electron chi connectivity index (χ4n) is 2.86. The summed E-state index contributed by atoms with van der Waals surface area (Å²) in [6.45, 7) is 5.37. The molecule has 4 heteroatoms. The van der Waals surface area contributed by atoms with Crippen LogP contribution < -0.4 is 10.1 Å². The predicted octanol–water partition coefficient (Wildman–Crippen LogP) is 4.11. The number of hydrogen-bond donors (Lipinski definition) is 1. The van der Waals surface area contributed by atoms with E-state index in [1.807, 2.05) is 44.2 Å². The van der Waals surface area contributed by atoms with Gasteiger partial charge in [-0.3, -0.25) is 4.79 Å². The third-order valence-corrected chi connectivity index (χ3v) is 4.30. The number of amides is 1. The van der Waals surface area contributed by atoms with Gasteiger partial charge < -0.3 is 14.8 Å². The molecule has 0 aliphatic carbocycles. The van der Waals surface area contributed by atoms with E-state index in [0.717, 1.165) is 42.0 Å². The highest BCUT2D eigenvalue weighted by molar-refractivity contribution is 6.05. The molecule has 1 aliphatic heterocycles. The Labute approximate surface area is 142 Å². The number of benzene rings is 2. The van der Waals surface area contributed by atoms with E-state index in [0.29, 0.717) is 12.2 Å². The van der Waals surface area contributed by atoms with Crippen molar-refractivity contribution in [1.29, 1.82) is 0 Å². The summed E-state index contributed by atoms with van der Waals surface area (Å²) in [6, 6.07) is 13.2. The Morgan fingerprint density at radius 3 is 2.50 bits per heavy atom. The van der Waals surface area contributed by atoms with Crippen LogP contribution in [0.5, 0.6) is 5.75 Å². The standard InChI is InChI=1S/C20H23NO3/c1-14-5-3-6-15(2)19(14)21-20(22)16-8-10-17(11-9-16)24-13-18-7-4-12-23-18/h3,5-6,8-11,18H,4,7,12-13H2,1-2H3,(H,21,22)/t18-/m0/s1. The van der Waals surface area contributed by atoms with Crippen molar-refractivity contribution in [2.75, 3.05) is 18.5 Å². The Kier molecular flexibility index (Phi) is 5.16. The maximum atomic E-state index is 12.4. The van der Waals surface area contributed by atoms with Gasteiger partial charge in [0.1, 0.15) is 12.4 Å². The minimum Gasteiger partial charge on any atom is -0.491 e. The molecule has 0 aromatic heterocycles. The number of rotatable bonds is 5. The third-order valence-electron chi connectivity index (χ3n) is 4.30. The van der Waals surface area contributed by atoms with E-state index < -0.39 is 0 Å². The number of para-hydroxylation sites is 1. The molecule has 0 bridgehead atoms. The minimum absolute atomic E-state index is 0.113. The predicted molar refractivity (Wildman–Crippen MR) is 94.8 cm³/mol. The first kappa shape index (κ1) is 16.5. The van der Waals surface area contributed by atoms with Crippen LogP contribution in [0.15, 0.2) is 42.5 Å². The van der Waals surface area contributed by atoms with Crippen molar-refractivity contribution in [2.45, 2.75) is 32.8 Å². The van der Waals surface area contributed by atoms with Crippen LogP contribution in [0, 0.1) is 13.8 Å². The molecule has 1 amide bonds. The Morgan fingerprint density at radius 1 is 1.17 bits per heavy atom. The first-order valence-corrected chi connectivity index (χ1v) is 8.35. The third kappa shape index (κ3) is 3.95. The van der Waals surface area contributed by atoms with Gasteiger partial charge in [-0.1, -0.05) is 18.2 Å². The van der Waals surface area contributed by atoms with Crippen LogP contribution in [-0.2, 0) is 4.74 Å². The Bertz CT molecular complexity index is 683. The fourth-order valence-corrected chi connectivity index (χ4v) is 2.86. The smallest absolute Gasteiger partial charge is 0.255 e. The summed E-state index contributed by atoms with van der Waals surface area (Å²) in [6.07, 6.45) is 2.35. The summed E-state index contributed by atoms with van der Waals surface area (Å²) in [4.78, 5) is 12.4. The molecule has 126 valence electrons. The number of ether oxygens (including phenoxy) is 2. The number of carbonyl (C=O) groups excluding carboxylic acids is 1. The lowest BCUT2D eigenvalue weighted by molar-refractivity contribution is 0.0679.